The molecule has 10 nitrogen and oxygen atoms in total. The fourth-order valence-electron chi connectivity index (χ4n) is 5.73. The van der Waals surface area contributed by atoms with Gasteiger partial charge < -0.3 is 25.2 Å². The molecule has 2 aliphatic carbocycles. The Kier molecular flexibility index (Phi) is 14.6. The Hall–Kier alpha value is -3.89. The van der Waals surface area contributed by atoms with E-state index in [9.17, 15) is 29.1 Å². The van der Waals surface area contributed by atoms with E-state index in [1.165, 1.54) is 13.2 Å². The van der Waals surface area contributed by atoms with Gasteiger partial charge in [0.25, 0.3) is 0 Å². The fraction of sp³-hybridized carbons (Fsp3) is 0.528. The molecule has 2 bridgehead atoms. The van der Waals surface area contributed by atoms with Crippen molar-refractivity contribution in [2.45, 2.75) is 103 Å². The molecule has 1 aliphatic heterocycles. The van der Waals surface area contributed by atoms with Gasteiger partial charge in [0.1, 0.15) is 12.1 Å². The molecule has 0 aromatic carbocycles. The molecular weight excluding hydrogens is 588 g/mol. The van der Waals surface area contributed by atoms with E-state index in [1.54, 1.807) is 57.2 Å². The lowest BCUT2D eigenvalue weighted by Gasteiger charge is -2.29. The normalized spacial score (nSPS) is 26.5. The van der Waals surface area contributed by atoms with Crippen LogP contribution >= 0.6 is 0 Å². The molecule has 0 aromatic heterocycles. The van der Waals surface area contributed by atoms with Crippen LogP contribution in [-0.2, 0) is 33.4 Å². The molecule has 1 saturated carbocycles. The van der Waals surface area contributed by atoms with Crippen molar-refractivity contribution >= 4 is 29.4 Å². The molecule has 3 rings (SSSR count). The number of fused-ring (bicyclic) bond motifs is 2. The second kappa shape index (κ2) is 18.3. The molecule has 2 amide bonds. The number of carbonyl (C=O) groups is 5. The predicted octanol–water partition coefficient (Wildman–Crippen LogP) is 4.26. The molecule has 250 valence electrons. The average Bonchev–Trinajstić information content (AvgIpc) is 3.04. The minimum absolute atomic E-state index is 0.0567. The van der Waals surface area contributed by atoms with E-state index in [0.29, 0.717) is 18.4 Å². The van der Waals surface area contributed by atoms with Gasteiger partial charge in [-0.2, -0.15) is 0 Å². The third kappa shape index (κ3) is 11.2. The Labute approximate surface area is 271 Å². The van der Waals surface area contributed by atoms with Crippen molar-refractivity contribution in [2.24, 2.45) is 11.8 Å². The van der Waals surface area contributed by atoms with Crippen molar-refractivity contribution in [1.29, 1.82) is 0 Å². The number of hydrogen-bond donors (Lipinski definition) is 3. The highest BCUT2D eigenvalue weighted by Gasteiger charge is 2.31. The van der Waals surface area contributed by atoms with Gasteiger partial charge in [0.05, 0.1) is 24.3 Å². The topological polar surface area (TPSA) is 148 Å². The molecule has 0 aromatic rings. The zero-order valence-corrected chi connectivity index (χ0v) is 27.3. The predicted molar refractivity (Wildman–Crippen MR) is 174 cm³/mol. The minimum atomic E-state index is -0.968. The van der Waals surface area contributed by atoms with Crippen LogP contribution in [0.3, 0.4) is 0 Å². The molecule has 46 heavy (non-hydrogen) atoms. The van der Waals surface area contributed by atoms with Crippen LogP contribution in [0.25, 0.3) is 0 Å². The van der Waals surface area contributed by atoms with Gasteiger partial charge in [-0.25, -0.2) is 4.79 Å². The summed E-state index contributed by atoms with van der Waals surface area (Å²) in [6, 6.07) is -0.840. The Bertz CT molecular complexity index is 1310. The summed E-state index contributed by atoms with van der Waals surface area (Å²) in [6.07, 6.45) is 18.1. The number of amides is 2. The Balaban J connectivity index is 1.79. The zero-order valence-electron chi connectivity index (χ0n) is 27.3. The first-order valence-electron chi connectivity index (χ1n) is 16.2. The van der Waals surface area contributed by atoms with Crippen LogP contribution in [0.1, 0.15) is 78.6 Å². The molecule has 5 unspecified atom stereocenters. The van der Waals surface area contributed by atoms with Gasteiger partial charge in [0, 0.05) is 37.0 Å². The van der Waals surface area contributed by atoms with Crippen LogP contribution in [0, 0.1) is 11.8 Å². The summed E-state index contributed by atoms with van der Waals surface area (Å²) in [5.74, 6) is -2.59. The van der Waals surface area contributed by atoms with E-state index in [1.807, 2.05) is 6.08 Å². The second-order valence-corrected chi connectivity index (χ2v) is 12.3. The third-order valence-corrected chi connectivity index (χ3v) is 8.65. The lowest BCUT2D eigenvalue weighted by Crippen LogP contribution is -2.45. The Morgan fingerprint density at radius 3 is 2.48 bits per heavy atom. The summed E-state index contributed by atoms with van der Waals surface area (Å²) < 4.78 is 11.3. The van der Waals surface area contributed by atoms with Crippen LogP contribution in [0.15, 0.2) is 71.5 Å². The number of aliphatic hydroxyl groups excluding tert-OH is 1. The van der Waals surface area contributed by atoms with Crippen molar-refractivity contribution in [1.82, 2.24) is 10.6 Å². The maximum absolute atomic E-state index is 13.1. The van der Waals surface area contributed by atoms with E-state index < -0.39 is 53.7 Å². The number of hydrogen-bond acceptors (Lipinski definition) is 8. The van der Waals surface area contributed by atoms with Crippen molar-refractivity contribution in [3.63, 3.8) is 0 Å². The first-order valence-corrected chi connectivity index (χ1v) is 16.2. The van der Waals surface area contributed by atoms with Gasteiger partial charge in [-0.15, -0.1) is 0 Å². The number of rotatable bonds is 5. The molecule has 3 N–H and O–H groups in total. The highest BCUT2D eigenvalue weighted by molar-refractivity contribution is 6.21. The average molecular weight is 637 g/mol. The van der Waals surface area contributed by atoms with Gasteiger partial charge in [-0.05, 0) is 51.2 Å². The largest absolute Gasteiger partial charge is 0.460 e. The van der Waals surface area contributed by atoms with Crippen molar-refractivity contribution < 1.29 is 38.6 Å². The van der Waals surface area contributed by atoms with Gasteiger partial charge in [0.15, 0.2) is 5.78 Å². The molecule has 0 spiro atoms. The molecule has 0 radical (unpaired) electrons. The molecule has 3 aliphatic rings. The first-order chi connectivity index (χ1) is 22.0. The van der Waals surface area contributed by atoms with Crippen LogP contribution in [-0.4, -0.2) is 65.9 Å². The maximum atomic E-state index is 13.1. The summed E-state index contributed by atoms with van der Waals surface area (Å²) in [5.41, 5.74) is 0.803. The van der Waals surface area contributed by atoms with Gasteiger partial charge >= 0.3 is 5.97 Å². The van der Waals surface area contributed by atoms with Gasteiger partial charge in [-0.3, -0.25) is 19.2 Å². The van der Waals surface area contributed by atoms with E-state index in [-0.39, 0.29) is 35.9 Å². The number of Topliss-reactive ketones (excluding diaryl/α,β-unsaturated/α-hetero) is 1. The summed E-state index contributed by atoms with van der Waals surface area (Å²) in [7, 11) is 1.47. The van der Waals surface area contributed by atoms with Crippen molar-refractivity contribution in [2.75, 3.05) is 7.11 Å². The summed E-state index contributed by atoms with van der Waals surface area (Å²) in [5, 5.41) is 16.6. The maximum Gasteiger partial charge on any atom is 0.328 e. The van der Waals surface area contributed by atoms with E-state index in [2.05, 4.69) is 10.6 Å². The molecule has 1 heterocycles. The fourth-order valence-corrected chi connectivity index (χ4v) is 5.73. The van der Waals surface area contributed by atoms with Crippen molar-refractivity contribution in [3.8, 4) is 0 Å². The van der Waals surface area contributed by atoms with Crippen LogP contribution in [0.4, 0.5) is 0 Å². The molecular formula is C36H48N2O8. The van der Waals surface area contributed by atoms with Crippen LogP contribution < -0.4 is 10.6 Å². The minimum Gasteiger partial charge on any atom is -0.460 e. The summed E-state index contributed by atoms with van der Waals surface area (Å²) in [6.45, 7) is 5.16. The van der Waals surface area contributed by atoms with Crippen LogP contribution in [0.5, 0.6) is 0 Å². The first kappa shape index (κ1) is 36.6. The zero-order chi connectivity index (χ0) is 33.6. The number of aliphatic hydroxyl groups is 1. The number of esters is 1. The van der Waals surface area contributed by atoms with Gasteiger partial charge in [-0.1, -0.05) is 68.7 Å². The number of carbonyl (C=O) groups excluding carboxylic acids is 5. The summed E-state index contributed by atoms with van der Waals surface area (Å²) >= 11 is 0. The number of ketones is 2. The Morgan fingerprint density at radius 1 is 1.04 bits per heavy atom. The molecule has 0 saturated heterocycles. The highest BCUT2D eigenvalue weighted by Crippen LogP contribution is 2.25. The lowest BCUT2D eigenvalue weighted by molar-refractivity contribution is -0.156. The van der Waals surface area contributed by atoms with E-state index >= 15 is 0 Å². The highest BCUT2D eigenvalue weighted by atomic mass is 16.5. The number of allylic oxidation sites excluding steroid dienone is 8. The van der Waals surface area contributed by atoms with Crippen molar-refractivity contribution in [3.05, 3.63) is 71.5 Å². The number of ether oxygens (including phenoxy) is 2. The second-order valence-electron chi connectivity index (χ2n) is 12.3. The number of nitrogens with one attached hydrogen (secondary N) is 2. The van der Waals surface area contributed by atoms with E-state index in [0.717, 1.165) is 38.2 Å². The third-order valence-electron chi connectivity index (χ3n) is 8.65. The number of methoxy groups -OCH3 is 1. The SMILES string of the molecule is COC1C=CC=CC=CCC(OC(=O)C(C)NC(=O)C2CCCCC2)C(C)C(O)C(C)=CCCC2=CC(=O)C=C(NC(=O)C1)C2=O. The smallest absolute Gasteiger partial charge is 0.328 e. The molecule has 5 atom stereocenters. The lowest BCUT2D eigenvalue weighted by atomic mass is 9.88. The standard InChI is InChI=1S/C36H48N2O8/c1-23-14-13-17-27-20-28(39)21-30(34(27)42)38-32(40)22-29(45-4)18-11-6-5-7-12-19-31(24(2)33(23)41)46-36(44)25(3)37-35(43)26-15-9-8-10-16-26/h5-7,11-12,14,18,20-21,24-26,29,31,33,41H,8-10,13,15-17,19,22H2,1-4H3,(H,37,43)(H,38,40). The Morgan fingerprint density at radius 2 is 1.76 bits per heavy atom. The van der Waals surface area contributed by atoms with E-state index in [4.69, 9.17) is 9.47 Å². The van der Waals surface area contributed by atoms with Gasteiger partial charge in [0.2, 0.25) is 17.6 Å². The van der Waals surface area contributed by atoms with Crippen LogP contribution in [0.2, 0.25) is 0 Å². The monoisotopic (exact) mass is 636 g/mol. The molecule has 1 fully saturated rings. The molecule has 10 heteroatoms. The quantitative estimate of drug-likeness (QED) is 0.230. The summed E-state index contributed by atoms with van der Waals surface area (Å²) in [4.78, 5) is 63.8.